The van der Waals surface area contributed by atoms with Gasteiger partial charge in [0.1, 0.15) is 5.75 Å². The first kappa shape index (κ1) is 21.8. The molecule has 0 aromatic heterocycles. The van der Waals surface area contributed by atoms with Crippen LogP contribution in [-0.2, 0) is 16.7 Å². The fraction of sp³-hybridized carbons (Fsp3) is 0.381. The molecule has 0 unspecified atom stereocenters. The number of hydrogen-bond donors (Lipinski definition) is 1. The Kier molecular flexibility index (Phi) is 7.07. The molecule has 0 aliphatic carbocycles. The molecule has 28 heavy (non-hydrogen) atoms. The van der Waals surface area contributed by atoms with Crippen molar-refractivity contribution in [2.75, 3.05) is 18.1 Å². The van der Waals surface area contributed by atoms with E-state index in [0.717, 1.165) is 28.6 Å². The van der Waals surface area contributed by atoms with Gasteiger partial charge in [-0.3, -0.25) is 0 Å². The highest BCUT2D eigenvalue weighted by molar-refractivity contribution is 7.86. The van der Waals surface area contributed by atoms with Crippen molar-refractivity contribution in [2.24, 2.45) is 5.92 Å². The van der Waals surface area contributed by atoms with Crippen LogP contribution in [0, 0.1) is 19.8 Å². The maximum Gasteiger partial charge on any atom is 0.322 e. The van der Waals surface area contributed by atoms with E-state index in [2.05, 4.69) is 5.32 Å². The standard InChI is InChI=1S/C21H28N2O4S/c1-15(2)13-23(21(24)22-20-11-6-8-16(3)17(20)4)14-18-9-7-10-19(12-18)27-28(5,25)26/h6-12,15H,13-14H2,1-5H3,(H,22,24). The normalized spacial score (nSPS) is 11.4. The topological polar surface area (TPSA) is 75.7 Å². The lowest BCUT2D eigenvalue weighted by Crippen LogP contribution is -2.37. The van der Waals surface area contributed by atoms with Crippen LogP contribution < -0.4 is 9.50 Å². The summed E-state index contributed by atoms with van der Waals surface area (Å²) in [5.41, 5.74) is 3.72. The molecule has 0 atom stereocenters. The number of carbonyl (C=O) groups excluding carboxylic acids is 1. The summed E-state index contributed by atoms with van der Waals surface area (Å²) in [6, 6.07) is 12.4. The molecule has 2 amide bonds. The van der Waals surface area contributed by atoms with E-state index in [0.29, 0.717) is 13.1 Å². The summed E-state index contributed by atoms with van der Waals surface area (Å²) < 4.78 is 27.7. The maximum absolute atomic E-state index is 12.9. The van der Waals surface area contributed by atoms with E-state index < -0.39 is 10.1 Å². The van der Waals surface area contributed by atoms with Crippen molar-refractivity contribution in [3.8, 4) is 5.75 Å². The van der Waals surface area contributed by atoms with Gasteiger partial charge in [-0.25, -0.2) is 4.79 Å². The molecule has 0 aliphatic rings. The zero-order valence-electron chi connectivity index (χ0n) is 17.0. The van der Waals surface area contributed by atoms with E-state index in [-0.39, 0.29) is 17.7 Å². The molecule has 0 aliphatic heterocycles. The highest BCUT2D eigenvalue weighted by atomic mass is 32.2. The number of nitrogens with zero attached hydrogens (tertiary/aromatic N) is 1. The van der Waals surface area contributed by atoms with Crippen LogP contribution in [0.25, 0.3) is 0 Å². The van der Waals surface area contributed by atoms with E-state index in [1.807, 2.05) is 52.0 Å². The molecular weight excluding hydrogens is 376 g/mol. The number of aryl methyl sites for hydroxylation is 1. The average Bonchev–Trinajstić information content (AvgIpc) is 2.57. The third-order valence-corrected chi connectivity index (χ3v) is 4.73. The number of hydrogen-bond acceptors (Lipinski definition) is 4. The third kappa shape index (κ3) is 6.56. The Bertz CT molecular complexity index is 939. The van der Waals surface area contributed by atoms with Crippen molar-refractivity contribution in [3.05, 3.63) is 59.2 Å². The maximum atomic E-state index is 12.9. The Balaban J connectivity index is 2.20. The average molecular weight is 405 g/mol. The van der Waals surface area contributed by atoms with Crippen molar-refractivity contribution in [1.82, 2.24) is 4.90 Å². The molecule has 0 heterocycles. The summed E-state index contributed by atoms with van der Waals surface area (Å²) in [4.78, 5) is 14.6. The van der Waals surface area contributed by atoms with E-state index in [1.165, 1.54) is 0 Å². The van der Waals surface area contributed by atoms with E-state index >= 15 is 0 Å². The van der Waals surface area contributed by atoms with Crippen molar-refractivity contribution < 1.29 is 17.4 Å². The smallest absolute Gasteiger partial charge is 0.322 e. The monoisotopic (exact) mass is 404 g/mol. The molecular formula is C21H28N2O4S. The second-order valence-corrected chi connectivity index (χ2v) is 8.96. The Labute approximate surface area is 167 Å². The Morgan fingerprint density at radius 1 is 1.14 bits per heavy atom. The molecule has 7 heteroatoms. The molecule has 6 nitrogen and oxygen atoms in total. The number of nitrogens with one attached hydrogen (secondary N) is 1. The second kappa shape index (κ2) is 9.10. The van der Waals surface area contributed by atoms with Crippen LogP contribution in [0.1, 0.15) is 30.5 Å². The molecule has 2 aromatic carbocycles. The van der Waals surface area contributed by atoms with Gasteiger partial charge in [0, 0.05) is 18.8 Å². The highest BCUT2D eigenvalue weighted by Gasteiger charge is 2.17. The molecule has 2 aromatic rings. The fourth-order valence-corrected chi connectivity index (χ4v) is 3.28. The third-order valence-electron chi connectivity index (χ3n) is 4.24. The van der Waals surface area contributed by atoms with Crippen LogP contribution in [0.3, 0.4) is 0 Å². The van der Waals surface area contributed by atoms with Gasteiger partial charge < -0.3 is 14.4 Å². The molecule has 0 bridgehead atoms. The van der Waals surface area contributed by atoms with Gasteiger partial charge in [-0.2, -0.15) is 8.42 Å². The largest absolute Gasteiger partial charge is 0.383 e. The predicted molar refractivity (Wildman–Crippen MR) is 112 cm³/mol. The SMILES string of the molecule is Cc1cccc(NC(=O)N(Cc2cccc(OS(C)(=O)=O)c2)CC(C)C)c1C. The van der Waals surface area contributed by atoms with Gasteiger partial charge >= 0.3 is 16.1 Å². The lowest BCUT2D eigenvalue weighted by molar-refractivity contribution is 0.201. The fourth-order valence-electron chi connectivity index (χ4n) is 2.83. The van der Waals surface area contributed by atoms with Crippen LogP contribution in [0.2, 0.25) is 0 Å². The predicted octanol–water partition coefficient (Wildman–Crippen LogP) is 4.33. The van der Waals surface area contributed by atoms with Gasteiger partial charge in [0.2, 0.25) is 0 Å². The molecule has 0 fully saturated rings. The first-order chi connectivity index (χ1) is 13.0. The van der Waals surface area contributed by atoms with Crippen LogP contribution in [0.5, 0.6) is 5.75 Å². The van der Waals surface area contributed by atoms with Gasteiger partial charge in [0.05, 0.1) is 6.26 Å². The molecule has 0 saturated heterocycles. The van der Waals surface area contributed by atoms with E-state index in [9.17, 15) is 13.2 Å². The number of urea groups is 1. The summed E-state index contributed by atoms with van der Waals surface area (Å²) in [6.07, 6.45) is 1.00. The molecule has 0 spiro atoms. The van der Waals surface area contributed by atoms with Crippen LogP contribution in [0.4, 0.5) is 10.5 Å². The van der Waals surface area contributed by atoms with Crippen molar-refractivity contribution in [2.45, 2.75) is 34.2 Å². The first-order valence-corrected chi connectivity index (χ1v) is 11.0. The van der Waals surface area contributed by atoms with Crippen LogP contribution in [-0.4, -0.2) is 32.1 Å². The summed E-state index contributed by atoms with van der Waals surface area (Å²) in [7, 11) is -3.60. The minimum absolute atomic E-state index is 0.197. The van der Waals surface area contributed by atoms with Gasteiger partial charge in [-0.05, 0) is 54.7 Å². The van der Waals surface area contributed by atoms with Crippen molar-refractivity contribution in [3.63, 3.8) is 0 Å². The van der Waals surface area contributed by atoms with Gasteiger partial charge in [0.15, 0.2) is 0 Å². The molecule has 0 radical (unpaired) electrons. The number of carbonyl (C=O) groups is 1. The number of amides is 2. The van der Waals surface area contributed by atoms with Crippen molar-refractivity contribution in [1.29, 1.82) is 0 Å². The second-order valence-electron chi connectivity index (χ2n) is 7.39. The molecule has 2 rings (SSSR count). The number of benzene rings is 2. The summed E-state index contributed by atoms with van der Waals surface area (Å²) in [5, 5.41) is 2.99. The Morgan fingerprint density at radius 3 is 2.46 bits per heavy atom. The zero-order chi connectivity index (χ0) is 20.9. The van der Waals surface area contributed by atoms with E-state index in [1.54, 1.807) is 23.1 Å². The van der Waals surface area contributed by atoms with Gasteiger partial charge in [-0.15, -0.1) is 0 Å². The minimum Gasteiger partial charge on any atom is -0.383 e. The number of anilines is 1. The summed E-state index contributed by atoms with van der Waals surface area (Å²) >= 11 is 0. The lowest BCUT2D eigenvalue weighted by atomic mass is 10.1. The molecule has 0 saturated carbocycles. The highest BCUT2D eigenvalue weighted by Crippen LogP contribution is 2.20. The quantitative estimate of drug-likeness (QED) is 0.697. The van der Waals surface area contributed by atoms with Crippen molar-refractivity contribution >= 4 is 21.8 Å². The van der Waals surface area contributed by atoms with Crippen LogP contribution >= 0.6 is 0 Å². The van der Waals surface area contributed by atoms with Gasteiger partial charge in [0.25, 0.3) is 0 Å². The lowest BCUT2D eigenvalue weighted by Gasteiger charge is -2.26. The summed E-state index contributed by atoms with van der Waals surface area (Å²) in [6.45, 7) is 8.97. The number of rotatable bonds is 7. The van der Waals surface area contributed by atoms with Gasteiger partial charge in [-0.1, -0.05) is 38.1 Å². The van der Waals surface area contributed by atoms with Crippen LogP contribution in [0.15, 0.2) is 42.5 Å². The first-order valence-electron chi connectivity index (χ1n) is 9.15. The molecule has 1 N–H and O–H groups in total. The van der Waals surface area contributed by atoms with E-state index in [4.69, 9.17) is 4.18 Å². The Morgan fingerprint density at radius 2 is 1.82 bits per heavy atom. The minimum atomic E-state index is -3.60. The molecule has 152 valence electrons. The summed E-state index contributed by atoms with van der Waals surface area (Å²) in [5.74, 6) is 0.513. The Hall–Kier alpha value is -2.54. The zero-order valence-corrected chi connectivity index (χ0v) is 17.8.